The van der Waals surface area contributed by atoms with Gasteiger partial charge in [-0.2, -0.15) is 5.10 Å². The van der Waals surface area contributed by atoms with E-state index in [1.165, 1.54) is 23.7 Å². The van der Waals surface area contributed by atoms with Crippen LogP contribution in [0.4, 0.5) is 5.69 Å². The monoisotopic (exact) mass is 327 g/mol. The number of primary amides is 1. The minimum absolute atomic E-state index is 0. The Morgan fingerprint density at radius 2 is 2.05 bits per heavy atom. The minimum Gasteiger partial charge on any atom is -0.368 e. The molecule has 2 unspecified atom stereocenters. The van der Waals surface area contributed by atoms with Gasteiger partial charge in [-0.15, -0.1) is 12.4 Å². The summed E-state index contributed by atoms with van der Waals surface area (Å²) < 4.78 is 1.42. The molecule has 4 N–H and O–H groups in total. The lowest BCUT2D eigenvalue weighted by Gasteiger charge is -2.28. The van der Waals surface area contributed by atoms with Gasteiger partial charge < -0.3 is 16.4 Å². The molecule has 0 aromatic carbocycles. The number of hydrogen-bond acceptors (Lipinski definition) is 4. The van der Waals surface area contributed by atoms with Gasteiger partial charge in [0.25, 0.3) is 0 Å². The topological polar surface area (TPSA) is 102 Å². The van der Waals surface area contributed by atoms with Gasteiger partial charge in [0.1, 0.15) is 6.54 Å². The summed E-state index contributed by atoms with van der Waals surface area (Å²) in [4.78, 5) is 22.9. The van der Waals surface area contributed by atoms with E-state index in [1.807, 2.05) is 0 Å². The fourth-order valence-corrected chi connectivity index (χ4v) is 3.49. The highest BCUT2D eigenvalue weighted by atomic mass is 35.5. The Balaban J connectivity index is 0.00000176. The Labute approximate surface area is 135 Å². The van der Waals surface area contributed by atoms with E-state index in [2.05, 4.69) is 15.7 Å². The van der Waals surface area contributed by atoms with Crippen molar-refractivity contribution in [3.8, 4) is 0 Å². The Morgan fingerprint density at radius 3 is 2.68 bits per heavy atom. The van der Waals surface area contributed by atoms with Crippen LogP contribution in [0.15, 0.2) is 12.4 Å². The molecule has 2 saturated heterocycles. The maximum Gasteiger partial charge on any atom is 0.239 e. The molecule has 2 bridgehead atoms. The molecule has 8 heteroatoms. The molecule has 1 aromatic rings. The van der Waals surface area contributed by atoms with Crippen LogP contribution < -0.4 is 16.4 Å². The second kappa shape index (κ2) is 7.11. The maximum absolute atomic E-state index is 12.1. The third-order valence-electron chi connectivity index (χ3n) is 4.28. The van der Waals surface area contributed by atoms with Gasteiger partial charge in [-0.05, 0) is 31.6 Å². The summed E-state index contributed by atoms with van der Waals surface area (Å²) >= 11 is 0. The van der Waals surface area contributed by atoms with E-state index >= 15 is 0 Å². The van der Waals surface area contributed by atoms with Crippen LogP contribution in [-0.4, -0.2) is 33.7 Å². The van der Waals surface area contributed by atoms with Crippen molar-refractivity contribution in [2.45, 2.75) is 50.7 Å². The van der Waals surface area contributed by atoms with Gasteiger partial charge in [-0.3, -0.25) is 14.3 Å². The van der Waals surface area contributed by atoms with Crippen molar-refractivity contribution in [1.82, 2.24) is 15.1 Å². The number of carbonyl (C=O) groups excluding carboxylic acids is 2. The predicted molar refractivity (Wildman–Crippen MR) is 84.6 cm³/mol. The normalized spacial score (nSPS) is 26.3. The number of nitrogens with zero attached hydrogens (tertiary/aromatic N) is 2. The van der Waals surface area contributed by atoms with Crippen molar-refractivity contribution < 1.29 is 9.59 Å². The summed E-state index contributed by atoms with van der Waals surface area (Å²) in [6.45, 7) is 0.0214. The second-order valence-corrected chi connectivity index (χ2v) is 6.12. The zero-order chi connectivity index (χ0) is 14.8. The van der Waals surface area contributed by atoms with Crippen molar-refractivity contribution >= 4 is 29.9 Å². The number of carbonyl (C=O) groups is 2. The van der Waals surface area contributed by atoms with Crippen LogP contribution in [0, 0.1) is 5.92 Å². The number of nitrogens with two attached hydrogens (primary N) is 1. The number of amides is 2. The molecular weight excluding hydrogens is 306 g/mol. The summed E-state index contributed by atoms with van der Waals surface area (Å²) in [6.07, 6.45) is 8.36. The van der Waals surface area contributed by atoms with Gasteiger partial charge in [0.05, 0.1) is 11.9 Å². The lowest BCUT2D eigenvalue weighted by atomic mass is 9.89. The van der Waals surface area contributed by atoms with Crippen molar-refractivity contribution in [3.05, 3.63) is 12.4 Å². The molecule has 2 aliphatic rings. The van der Waals surface area contributed by atoms with Crippen molar-refractivity contribution in [1.29, 1.82) is 0 Å². The van der Waals surface area contributed by atoms with Gasteiger partial charge >= 0.3 is 0 Å². The van der Waals surface area contributed by atoms with Crippen LogP contribution in [-0.2, 0) is 16.1 Å². The molecule has 3 rings (SSSR count). The quantitative estimate of drug-likeness (QED) is 0.739. The predicted octanol–water partition coefficient (Wildman–Crippen LogP) is 0.649. The first kappa shape index (κ1) is 16.8. The highest BCUT2D eigenvalue weighted by Gasteiger charge is 2.34. The molecule has 2 atom stereocenters. The highest BCUT2D eigenvalue weighted by Crippen LogP contribution is 2.32. The lowest BCUT2D eigenvalue weighted by Crippen LogP contribution is -2.39. The number of halogens is 1. The van der Waals surface area contributed by atoms with E-state index in [4.69, 9.17) is 5.73 Å². The Hall–Kier alpha value is -1.60. The highest BCUT2D eigenvalue weighted by molar-refractivity contribution is 5.90. The molecule has 0 aliphatic carbocycles. The lowest BCUT2D eigenvalue weighted by molar-refractivity contribution is -0.119. The second-order valence-electron chi connectivity index (χ2n) is 6.12. The number of aromatic nitrogens is 2. The molecule has 2 fully saturated rings. The smallest absolute Gasteiger partial charge is 0.239 e. The largest absolute Gasteiger partial charge is 0.368 e. The van der Waals surface area contributed by atoms with E-state index < -0.39 is 5.91 Å². The first-order chi connectivity index (χ1) is 10.1. The van der Waals surface area contributed by atoms with Crippen molar-refractivity contribution in [2.75, 3.05) is 5.32 Å². The van der Waals surface area contributed by atoms with Gasteiger partial charge in [0.2, 0.25) is 11.8 Å². The zero-order valence-electron chi connectivity index (χ0n) is 12.3. The number of anilines is 1. The fourth-order valence-electron chi connectivity index (χ4n) is 3.49. The van der Waals surface area contributed by atoms with Crippen molar-refractivity contribution in [2.24, 2.45) is 11.7 Å². The molecule has 122 valence electrons. The fraction of sp³-hybridized carbons (Fsp3) is 0.643. The molecule has 0 saturated carbocycles. The van der Waals surface area contributed by atoms with Gasteiger partial charge in [-0.1, -0.05) is 0 Å². The molecule has 0 radical (unpaired) electrons. The molecular formula is C14H22ClN5O2. The summed E-state index contributed by atoms with van der Waals surface area (Å²) in [5.41, 5.74) is 5.71. The number of fused-ring (bicyclic) bond motifs is 2. The Morgan fingerprint density at radius 1 is 1.36 bits per heavy atom. The van der Waals surface area contributed by atoms with Crippen LogP contribution >= 0.6 is 12.4 Å². The number of nitrogens with one attached hydrogen (secondary N) is 2. The first-order valence-electron chi connectivity index (χ1n) is 7.45. The SMILES string of the molecule is Cl.NC(=O)Cn1cc(NC(=O)CC2CC3CCC(C2)N3)cn1. The molecule has 3 heterocycles. The summed E-state index contributed by atoms with van der Waals surface area (Å²) in [5.74, 6) is 0.0190. The van der Waals surface area contributed by atoms with Crippen LogP contribution in [0.1, 0.15) is 32.1 Å². The molecule has 22 heavy (non-hydrogen) atoms. The van der Waals surface area contributed by atoms with Crippen LogP contribution in [0.5, 0.6) is 0 Å². The summed E-state index contributed by atoms with van der Waals surface area (Å²) in [5, 5.41) is 10.4. The van der Waals surface area contributed by atoms with Crippen LogP contribution in [0.25, 0.3) is 0 Å². The molecule has 7 nitrogen and oxygen atoms in total. The third kappa shape index (κ3) is 4.20. The average Bonchev–Trinajstić information content (AvgIpc) is 2.95. The average molecular weight is 328 g/mol. The molecule has 1 aromatic heterocycles. The Bertz CT molecular complexity index is 535. The zero-order valence-corrected chi connectivity index (χ0v) is 13.1. The molecule has 2 amide bonds. The van der Waals surface area contributed by atoms with E-state index in [9.17, 15) is 9.59 Å². The number of rotatable bonds is 5. The van der Waals surface area contributed by atoms with Gasteiger partial charge in [-0.25, -0.2) is 0 Å². The van der Waals surface area contributed by atoms with Crippen molar-refractivity contribution in [3.63, 3.8) is 0 Å². The van der Waals surface area contributed by atoms with E-state index in [0.29, 0.717) is 30.1 Å². The minimum atomic E-state index is -0.457. The first-order valence-corrected chi connectivity index (χ1v) is 7.45. The number of hydrogen-bond donors (Lipinski definition) is 3. The maximum atomic E-state index is 12.1. The van der Waals surface area contributed by atoms with Crippen LogP contribution in [0.2, 0.25) is 0 Å². The summed E-state index contributed by atoms with van der Waals surface area (Å²) in [6, 6.07) is 1.19. The standard InChI is InChI=1S/C14H21N5O2.ClH/c15-13(20)8-19-7-12(6-16-19)18-14(21)5-9-3-10-1-2-11(4-9)17-10;/h6-7,9-11,17H,1-5,8H2,(H2,15,20)(H,18,21);1H. The van der Waals surface area contributed by atoms with E-state index in [0.717, 1.165) is 12.8 Å². The van der Waals surface area contributed by atoms with E-state index in [1.54, 1.807) is 6.20 Å². The van der Waals surface area contributed by atoms with Crippen LogP contribution in [0.3, 0.4) is 0 Å². The van der Waals surface area contributed by atoms with Gasteiger partial charge in [0, 0.05) is 24.7 Å². The Kier molecular flexibility index (Phi) is 5.42. The van der Waals surface area contributed by atoms with Gasteiger partial charge in [0.15, 0.2) is 0 Å². The summed E-state index contributed by atoms with van der Waals surface area (Å²) in [7, 11) is 0. The number of piperidine rings is 1. The van der Waals surface area contributed by atoms with E-state index in [-0.39, 0.29) is 24.9 Å². The molecule has 0 spiro atoms. The third-order valence-corrected chi connectivity index (χ3v) is 4.28. The molecule has 2 aliphatic heterocycles.